The van der Waals surface area contributed by atoms with Gasteiger partial charge >= 0.3 is 0 Å². The Labute approximate surface area is 155 Å². The number of hydrogen-bond acceptors (Lipinski definition) is 1. The summed E-state index contributed by atoms with van der Waals surface area (Å²) in [6.07, 6.45) is 27.2. The van der Waals surface area contributed by atoms with Crippen LogP contribution in [0.25, 0.3) is 0 Å². The van der Waals surface area contributed by atoms with Gasteiger partial charge in [0.25, 0.3) is 0 Å². The van der Waals surface area contributed by atoms with Gasteiger partial charge in [-0.15, -0.1) is 0 Å². The van der Waals surface area contributed by atoms with Crippen LogP contribution in [0.1, 0.15) is 103 Å². The van der Waals surface area contributed by atoms with Crippen molar-refractivity contribution < 1.29 is 4.74 Å². The van der Waals surface area contributed by atoms with E-state index in [1.54, 1.807) is 11.1 Å². The van der Waals surface area contributed by atoms with Crippen LogP contribution in [-0.2, 0) is 4.74 Å². The summed E-state index contributed by atoms with van der Waals surface area (Å²) >= 11 is 0. The molecule has 0 radical (unpaired) electrons. The van der Waals surface area contributed by atoms with E-state index in [0.29, 0.717) is 0 Å². The summed E-state index contributed by atoms with van der Waals surface area (Å²) in [5.74, 6) is 3.33. The van der Waals surface area contributed by atoms with Crippen LogP contribution in [0.15, 0.2) is 23.7 Å². The molecule has 25 heavy (non-hydrogen) atoms. The fourth-order valence-electron chi connectivity index (χ4n) is 6.28. The van der Waals surface area contributed by atoms with E-state index in [2.05, 4.69) is 12.5 Å². The van der Waals surface area contributed by atoms with Crippen molar-refractivity contribution in [2.75, 3.05) is 0 Å². The molecule has 0 aromatic carbocycles. The average Bonchev–Trinajstić information content (AvgIpc) is 3.44. The minimum atomic E-state index is 0.831. The Balaban J connectivity index is 1.47. The molecule has 4 fully saturated rings. The van der Waals surface area contributed by atoms with E-state index in [0.717, 1.165) is 23.7 Å². The summed E-state index contributed by atoms with van der Waals surface area (Å²) in [5, 5.41) is 0. The van der Waals surface area contributed by atoms with Crippen molar-refractivity contribution in [1.29, 1.82) is 0 Å². The molecule has 1 heteroatoms. The lowest BCUT2D eigenvalue weighted by atomic mass is 9.86. The summed E-state index contributed by atoms with van der Waals surface area (Å²) in [5.41, 5.74) is 3.37. The Morgan fingerprint density at radius 2 is 0.680 bits per heavy atom. The van der Waals surface area contributed by atoms with E-state index in [4.69, 9.17) is 4.74 Å². The van der Waals surface area contributed by atoms with Gasteiger partial charge in [0.15, 0.2) is 0 Å². The van der Waals surface area contributed by atoms with Crippen LogP contribution in [0.5, 0.6) is 0 Å². The van der Waals surface area contributed by atoms with Crippen LogP contribution < -0.4 is 0 Å². The molecule has 4 rings (SSSR count). The molecule has 0 aliphatic heterocycles. The number of rotatable bonds is 6. The number of allylic oxidation sites excluding steroid dienone is 2. The third-order valence-electron chi connectivity index (χ3n) is 7.71. The van der Waals surface area contributed by atoms with Crippen molar-refractivity contribution in [2.24, 2.45) is 23.7 Å². The minimum Gasteiger partial charge on any atom is -0.473 e. The van der Waals surface area contributed by atoms with Gasteiger partial charge in [-0.2, -0.15) is 0 Å². The maximum atomic E-state index is 6.28. The zero-order valence-electron chi connectivity index (χ0n) is 16.2. The lowest BCUT2D eigenvalue weighted by Gasteiger charge is -2.22. The monoisotopic (exact) mass is 342 g/mol. The molecule has 0 atom stereocenters. The maximum Gasteiger partial charge on any atom is 0.0898 e. The van der Waals surface area contributed by atoms with Gasteiger partial charge in [-0.3, -0.25) is 0 Å². The number of ether oxygens (including phenoxy) is 1. The van der Waals surface area contributed by atoms with E-state index < -0.39 is 0 Å². The molecule has 0 N–H and O–H groups in total. The second-order valence-electron chi connectivity index (χ2n) is 9.30. The Morgan fingerprint density at radius 3 is 0.920 bits per heavy atom. The molecule has 0 saturated heterocycles. The third kappa shape index (κ3) is 4.34. The maximum absolute atomic E-state index is 6.28. The van der Waals surface area contributed by atoms with E-state index in [1.807, 2.05) is 0 Å². The summed E-state index contributed by atoms with van der Waals surface area (Å²) in [7, 11) is 0. The molecule has 0 bridgehead atoms. The first-order valence-corrected chi connectivity index (χ1v) is 11.5. The molecule has 0 amide bonds. The largest absolute Gasteiger partial charge is 0.473 e. The number of hydrogen-bond donors (Lipinski definition) is 0. The average molecular weight is 343 g/mol. The van der Waals surface area contributed by atoms with E-state index in [-0.39, 0.29) is 0 Å². The SMILES string of the molecule is C(OC=C(C1CCCC1)C1CCCC1)=C(C1CCCC1)C1CCCC1. The third-order valence-corrected chi connectivity index (χ3v) is 7.71. The van der Waals surface area contributed by atoms with Crippen molar-refractivity contribution in [3.8, 4) is 0 Å². The Hall–Kier alpha value is -0.720. The zero-order chi connectivity index (χ0) is 16.9. The highest BCUT2D eigenvalue weighted by molar-refractivity contribution is 5.15. The van der Waals surface area contributed by atoms with Gasteiger partial charge in [-0.1, -0.05) is 51.4 Å². The van der Waals surface area contributed by atoms with E-state index in [1.165, 1.54) is 103 Å². The van der Waals surface area contributed by atoms with Gasteiger partial charge in [-0.25, -0.2) is 0 Å². The fourth-order valence-corrected chi connectivity index (χ4v) is 6.28. The standard InChI is InChI=1S/C24H38O/c1-2-10-19(9-1)23(20-11-3-4-12-20)17-25-18-24(21-13-5-6-14-21)22-15-7-8-16-22/h17-22H,1-16H2. The fraction of sp³-hybridized carbons (Fsp3) is 0.833. The van der Waals surface area contributed by atoms with Crippen LogP contribution >= 0.6 is 0 Å². The highest BCUT2D eigenvalue weighted by Gasteiger charge is 2.30. The van der Waals surface area contributed by atoms with Crippen LogP contribution in [0, 0.1) is 23.7 Å². The first-order valence-electron chi connectivity index (χ1n) is 11.5. The van der Waals surface area contributed by atoms with Crippen LogP contribution in [0.2, 0.25) is 0 Å². The highest BCUT2D eigenvalue weighted by atomic mass is 16.5. The van der Waals surface area contributed by atoms with Gasteiger partial charge < -0.3 is 4.74 Å². The van der Waals surface area contributed by atoms with Crippen molar-refractivity contribution in [2.45, 2.75) is 103 Å². The van der Waals surface area contributed by atoms with E-state index >= 15 is 0 Å². The molecule has 4 aliphatic carbocycles. The normalized spacial score (nSPS) is 26.4. The molecular formula is C24H38O. The van der Waals surface area contributed by atoms with Gasteiger partial charge in [0, 0.05) is 0 Å². The predicted octanol–water partition coefficient (Wildman–Crippen LogP) is 7.53. The zero-order valence-corrected chi connectivity index (χ0v) is 16.2. The lowest BCUT2D eigenvalue weighted by Crippen LogP contribution is -2.10. The van der Waals surface area contributed by atoms with Crippen LogP contribution in [-0.4, -0.2) is 0 Å². The molecule has 0 aromatic rings. The lowest BCUT2D eigenvalue weighted by molar-refractivity contribution is 0.352. The minimum absolute atomic E-state index is 0.831. The second-order valence-corrected chi connectivity index (χ2v) is 9.30. The first kappa shape index (κ1) is 17.7. The molecule has 1 nitrogen and oxygen atoms in total. The molecule has 4 saturated carbocycles. The van der Waals surface area contributed by atoms with Gasteiger partial charge in [0.05, 0.1) is 12.5 Å². The first-order chi connectivity index (χ1) is 12.4. The second kappa shape index (κ2) is 8.78. The smallest absolute Gasteiger partial charge is 0.0898 e. The van der Waals surface area contributed by atoms with Crippen LogP contribution in [0.4, 0.5) is 0 Å². The van der Waals surface area contributed by atoms with Crippen molar-refractivity contribution >= 4 is 0 Å². The summed E-state index contributed by atoms with van der Waals surface area (Å²) < 4.78 is 6.28. The van der Waals surface area contributed by atoms with Crippen molar-refractivity contribution in [1.82, 2.24) is 0 Å². The molecule has 4 aliphatic rings. The Morgan fingerprint density at radius 1 is 0.440 bits per heavy atom. The topological polar surface area (TPSA) is 9.23 Å². The van der Waals surface area contributed by atoms with Gasteiger partial charge in [0.1, 0.15) is 0 Å². The van der Waals surface area contributed by atoms with Crippen LogP contribution in [0.3, 0.4) is 0 Å². The molecular weight excluding hydrogens is 304 g/mol. The van der Waals surface area contributed by atoms with Crippen molar-refractivity contribution in [3.05, 3.63) is 23.7 Å². The van der Waals surface area contributed by atoms with E-state index in [9.17, 15) is 0 Å². The molecule has 140 valence electrons. The molecule has 0 heterocycles. The summed E-state index contributed by atoms with van der Waals surface area (Å²) in [6, 6.07) is 0. The summed E-state index contributed by atoms with van der Waals surface area (Å²) in [4.78, 5) is 0. The molecule has 0 unspecified atom stereocenters. The molecule has 0 aromatic heterocycles. The van der Waals surface area contributed by atoms with Gasteiger partial charge in [0.2, 0.25) is 0 Å². The summed E-state index contributed by atoms with van der Waals surface area (Å²) in [6.45, 7) is 0. The highest BCUT2D eigenvalue weighted by Crippen LogP contribution is 2.43. The Kier molecular flexibility index (Phi) is 6.21. The predicted molar refractivity (Wildman–Crippen MR) is 105 cm³/mol. The van der Waals surface area contributed by atoms with Gasteiger partial charge in [-0.05, 0) is 86.2 Å². The van der Waals surface area contributed by atoms with Crippen molar-refractivity contribution in [3.63, 3.8) is 0 Å². The quantitative estimate of drug-likeness (QED) is 0.453. The Bertz CT molecular complexity index is 384. The molecule has 0 spiro atoms.